The minimum atomic E-state index is -0.426. The number of allylic oxidation sites excluding steroid dienone is 1. The number of carbonyl (C=O) groups is 1. The third-order valence-corrected chi connectivity index (χ3v) is 6.68. The van der Waals surface area contributed by atoms with Crippen LogP contribution in [-0.4, -0.2) is 21.2 Å². The van der Waals surface area contributed by atoms with Crippen LogP contribution < -0.4 is 11.3 Å². The van der Waals surface area contributed by atoms with Crippen LogP contribution in [0.5, 0.6) is 0 Å². The highest BCUT2D eigenvalue weighted by Crippen LogP contribution is 2.49. The number of amides is 1. The van der Waals surface area contributed by atoms with E-state index in [0.29, 0.717) is 11.7 Å². The molecule has 2 N–H and O–H groups in total. The maximum Gasteiger partial charge on any atom is 0.258 e. The summed E-state index contributed by atoms with van der Waals surface area (Å²) in [7, 11) is 0. The summed E-state index contributed by atoms with van der Waals surface area (Å²) >= 11 is 1.22. The molecular formula is C21H23N3O2S. The van der Waals surface area contributed by atoms with Crippen LogP contribution >= 0.6 is 11.8 Å². The maximum atomic E-state index is 13.6. The maximum absolute atomic E-state index is 13.6. The fourth-order valence-corrected chi connectivity index (χ4v) is 5.32. The highest BCUT2D eigenvalue weighted by molar-refractivity contribution is 7.99. The second-order valence-corrected chi connectivity index (χ2v) is 8.34. The highest BCUT2D eigenvalue weighted by atomic mass is 32.2. The molecule has 1 spiro atoms. The quantitative estimate of drug-likeness (QED) is 0.491. The summed E-state index contributed by atoms with van der Waals surface area (Å²) in [4.78, 5) is 29.8. The van der Waals surface area contributed by atoms with Gasteiger partial charge in [0.1, 0.15) is 0 Å². The van der Waals surface area contributed by atoms with E-state index < -0.39 is 5.91 Å². The number of hydrogen-bond donors (Lipinski definition) is 1. The standard InChI is InChI=1S/C21H23N3O2S/c1-2-11-24-19(26)17-18(23-20(24)27-13-16(22)25)15-8-4-3-7-14(15)12-21(17)9-5-6-10-21/h2-4,7-8H,1,5-6,9-13H2,(H2,22,25). The molecule has 0 atom stereocenters. The number of rotatable bonds is 5. The second-order valence-electron chi connectivity index (χ2n) is 7.40. The first-order chi connectivity index (χ1) is 13.1. The van der Waals surface area contributed by atoms with Gasteiger partial charge in [-0.15, -0.1) is 6.58 Å². The van der Waals surface area contributed by atoms with Gasteiger partial charge in [-0.1, -0.05) is 54.9 Å². The van der Waals surface area contributed by atoms with Gasteiger partial charge in [-0.3, -0.25) is 14.2 Å². The van der Waals surface area contributed by atoms with Crippen LogP contribution in [0.25, 0.3) is 11.3 Å². The fourth-order valence-electron chi connectivity index (χ4n) is 4.58. The van der Waals surface area contributed by atoms with E-state index in [0.717, 1.165) is 48.9 Å². The first kappa shape index (κ1) is 18.0. The van der Waals surface area contributed by atoms with Gasteiger partial charge in [-0.2, -0.15) is 0 Å². The van der Waals surface area contributed by atoms with Crippen LogP contribution in [-0.2, 0) is 23.2 Å². The van der Waals surface area contributed by atoms with Crippen LogP contribution in [0.1, 0.15) is 36.8 Å². The van der Waals surface area contributed by atoms with Crippen molar-refractivity contribution in [1.82, 2.24) is 9.55 Å². The molecule has 2 aromatic rings. The van der Waals surface area contributed by atoms with Gasteiger partial charge >= 0.3 is 0 Å². The molecule has 0 saturated heterocycles. The summed E-state index contributed by atoms with van der Waals surface area (Å²) in [6.45, 7) is 4.16. The van der Waals surface area contributed by atoms with Crippen LogP contribution in [0.3, 0.4) is 0 Å². The summed E-state index contributed by atoms with van der Waals surface area (Å²) in [6, 6.07) is 8.23. The monoisotopic (exact) mass is 381 g/mol. The Bertz CT molecular complexity index is 974. The van der Waals surface area contributed by atoms with Gasteiger partial charge in [0.2, 0.25) is 5.91 Å². The average Bonchev–Trinajstić information content (AvgIpc) is 3.10. The topological polar surface area (TPSA) is 78.0 Å². The number of carbonyl (C=O) groups excluding carboxylic acids is 1. The lowest BCUT2D eigenvalue weighted by atomic mass is 9.68. The fraction of sp³-hybridized carbons (Fsp3) is 0.381. The number of primary amides is 1. The smallest absolute Gasteiger partial charge is 0.258 e. The van der Waals surface area contributed by atoms with E-state index in [1.807, 2.05) is 18.2 Å². The summed E-state index contributed by atoms with van der Waals surface area (Å²) in [6.07, 6.45) is 6.92. The summed E-state index contributed by atoms with van der Waals surface area (Å²) in [5, 5.41) is 0.530. The molecule has 140 valence electrons. The zero-order chi connectivity index (χ0) is 19.0. The number of benzene rings is 1. The van der Waals surface area contributed by atoms with Gasteiger partial charge in [-0.25, -0.2) is 4.98 Å². The largest absolute Gasteiger partial charge is 0.369 e. The van der Waals surface area contributed by atoms with E-state index in [2.05, 4.69) is 12.6 Å². The number of nitrogens with zero attached hydrogens (tertiary/aromatic N) is 2. The number of nitrogens with two attached hydrogens (primary N) is 1. The molecule has 0 unspecified atom stereocenters. The van der Waals surface area contributed by atoms with E-state index in [1.54, 1.807) is 10.6 Å². The molecule has 0 radical (unpaired) electrons. The number of hydrogen-bond acceptors (Lipinski definition) is 4. The van der Waals surface area contributed by atoms with Crippen LogP contribution in [0.4, 0.5) is 0 Å². The second kappa shape index (κ2) is 7.00. The predicted molar refractivity (Wildman–Crippen MR) is 108 cm³/mol. The zero-order valence-corrected chi connectivity index (χ0v) is 16.1. The molecule has 0 bridgehead atoms. The van der Waals surface area contributed by atoms with Crippen LogP contribution in [0.2, 0.25) is 0 Å². The minimum Gasteiger partial charge on any atom is -0.369 e. The molecule has 2 aliphatic carbocycles. The molecule has 1 amide bonds. The van der Waals surface area contributed by atoms with Crippen molar-refractivity contribution >= 4 is 17.7 Å². The molecule has 0 aliphatic heterocycles. The van der Waals surface area contributed by atoms with Gasteiger partial charge in [0, 0.05) is 17.5 Å². The van der Waals surface area contributed by atoms with Crippen molar-refractivity contribution < 1.29 is 4.79 Å². The first-order valence-electron chi connectivity index (χ1n) is 9.31. The number of thioether (sulfide) groups is 1. The molecule has 4 rings (SSSR count). The van der Waals surface area contributed by atoms with Gasteiger partial charge in [-0.05, 0) is 24.8 Å². The Morgan fingerprint density at radius 1 is 1.33 bits per heavy atom. The van der Waals surface area contributed by atoms with E-state index in [-0.39, 0.29) is 16.7 Å². The third kappa shape index (κ3) is 3.02. The van der Waals surface area contributed by atoms with E-state index in [4.69, 9.17) is 10.7 Å². The van der Waals surface area contributed by atoms with Gasteiger partial charge in [0.25, 0.3) is 5.56 Å². The van der Waals surface area contributed by atoms with E-state index in [9.17, 15) is 9.59 Å². The van der Waals surface area contributed by atoms with Gasteiger partial charge < -0.3 is 5.73 Å². The third-order valence-electron chi connectivity index (χ3n) is 5.68. The molecule has 1 heterocycles. The summed E-state index contributed by atoms with van der Waals surface area (Å²) < 4.78 is 1.65. The normalized spacial score (nSPS) is 16.7. The highest BCUT2D eigenvalue weighted by Gasteiger charge is 2.44. The van der Waals surface area contributed by atoms with Crippen molar-refractivity contribution in [3.05, 3.63) is 58.4 Å². The van der Waals surface area contributed by atoms with Gasteiger partial charge in [0.15, 0.2) is 5.16 Å². The minimum absolute atomic E-state index is 0.00303. The van der Waals surface area contributed by atoms with Crippen molar-refractivity contribution in [3.63, 3.8) is 0 Å². The van der Waals surface area contributed by atoms with Crippen LogP contribution in [0, 0.1) is 0 Å². The Labute approximate surface area is 162 Å². The Balaban J connectivity index is 1.98. The lowest BCUT2D eigenvalue weighted by Gasteiger charge is -2.36. The van der Waals surface area contributed by atoms with Crippen LogP contribution in [0.15, 0.2) is 46.9 Å². The summed E-state index contributed by atoms with van der Waals surface area (Å²) in [5.74, 6) is -0.334. The molecule has 1 fully saturated rings. The Morgan fingerprint density at radius 2 is 2.07 bits per heavy atom. The lowest BCUT2D eigenvalue weighted by Crippen LogP contribution is -2.40. The van der Waals surface area contributed by atoms with E-state index >= 15 is 0 Å². The lowest BCUT2D eigenvalue weighted by molar-refractivity contribution is -0.115. The van der Waals surface area contributed by atoms with Crippen molar-refractivity contribution in [2.75, 3.05) is 5.75 Å². The molecule has 5 nitrogen and oxygen atoms in total. The molecule has 2 aliphatic rings. The number of aromatic nitrogens is 2. The average molecular weight is 382 g/mol. The molecule has 6 heteroatoms. The van der Waals surface area contributed by atoms with E-state index in [1.165, 1.54) is 17.3 Å². The Morgan fingerprint density at radius 3 is 2.78 bits per heavy atom. The van der Waals surface area contributed by atoms with Gasteiger partial charge in [0.05, 0.1) is 17.0 Å². The molecule has 27 heavy (non-hydrogen) atoms. The van der Waals surface area contributed by atoms with Crippen molar-refractivity contribution in [1.29, 1.82) is 0 Å². The van der Waals surface area contributed by atoms with Crippen molar-refractivity contribution in [2.24, 2.45) is 5.73 Å². The van der Waals surface area contributed by atoms with Crippen molar-refractivity contribution in [2.45, 2.75) is 49.2 Å². The Hall–Kier alpha value is -2.34. The first-order valence-corrected chi connectivity index (χ1v) is 10.3. The molecule has 1 aromatic heterocycles. The predicted octanol–water partition coefficient (Wildman–Crippen LogP) is 3.04. The molecule has 1 saturated carbocycles. The number of fused-ring (bicyclic) bond motifs is 4. The summed E-state index contributed by atoms with van der Waals surface area (Å²) in [5.41, 5.74) is 9.13. The molecular weight excluding hydrogens is 358 g/mol. The zero-order valence-electron chi connectivity index (χ0n) is 15.2. The Kier molecular flexibility index (Phi) is 4.68. The molecule has 1 aromatic carbocycles. The SMILES string of the molecule is C=CCn1c(SCC(N)=O)nc2c(c1=O)C1(CCCC1)Cc1ccccc1-2. The van der Waals surface area contributed by atoms with Crippen molar-refractivity contribution in [3.8, 4) is 11.3 Å².